The fraction of sp³-hybridized carbons (Fsp3) is 0.625. The third kappa shape index (κ3) is 3.76. The number of ether oxygens (including phenoxy) is 1. The van der Waals surface area contributed by atoms with Crippen molar-refractivity contribution in [3.8, 4) is 0 Å². The van der Waals surface area contributed by atoms with Gasteiger partial charge < -0.3 is 10.1 Å². The maximum Gasteiger partial charge on any atom is 0.162 e. The van der Waals surface area contributed by atoms with Gasteiger partial charge in [-0.1, -0.05) is 26.0 Å². The number of hydrogen-bond donors (Lipinski definition) is 1. The second-order valence-corrected chi connectivity index (χ2v) is 6.22. The first kappa shape index (κ1) is 15.4. The van der Waals surface area contributed by atoms with Crippen LogP contribution >= 0.6 is 0 Å². The Kier molecular flexibility index (Phi) is 5.11. The third-order valence-corrected chi connectivity index (χ3v) is 3.83. The van der Waals surface area contributed by atoms with Crippen molar-refractivity contribution in [2.45, 2.75) is 26.7 Å². The van der Waals surface area contributed by atoms with Crippen LogP contribution in [0.25, 0.3) is 0 Å². The zero-order valence-electron chi connectivity index (χ0n) is 12.2. The molecule has 0 aromatic heterocycles. The number of benzene rings is 1. The molecule has 2 nitrogen and oxygen atoms in total. The molecule has 1 aliphatic heterocycles. The SMILES string of the molecule is CC(C)CNCC1(Cc2cccc(F)c2F)CCOC1. The minimum atomic E-state index is -0.772. The van der Waals surface area contributed by atoms with Gasteiger partial charge in [-0.15, -0.1) is 0 Å². The van der Waals surface area contributed by atoms with Gasteiger partial charge in [-0.2, -0.15) is 0 Å². The molecule has 2 rings (SSSR count). The molecular formula is C16H23F2NO. The van der Waals surface area contributed by atoms with Crippen LogP contribution in [0.5, 0.6) is 0 Å². The van der Waals surface area contributed by atoms with Crippen LogP contribution in [0.2, 0.25) is 0 Å². The van der Waals surface area contributed by atoms with E-state index in [0.29, 0.717) is 31.1 Å². The fourth-order valence-electron chi connectivity index (χ4n) is 2.71. The highest BCUT2D eigenvalue weighted by Crippen LogP contribution is 2.33. The Bertz CT molecular complexity index is 442. The first-order valence-electron chi connectivity index (χ1n) is 7.24. The van der Waals surface area contributed by atoms with E-state index in [4.69, 9.17) is 4.74 Å². The highest BCUT2D eigenvalue weighted by Gasteiger charge is 2.35. The molecule has 1 saturated heterocycles. The van der Waals surface area contributed by atoms with Gasteiger partial charge in [-0.05, 0) is 36.9 Å². The van der Waals surface area contributed by atoms with Gasteiger partial charge >= 0.3 is 0 Å². The smallest absolute Gasteiger partial charge is 0.162 e. The van der Waals surface area contributed by atoms with E-state index < -0.39 is 11.6 Å². The first-order valence-corrected chi connectivity index (χ1v) is 7.24. The van der Waals surface area contributed by atoms with Crippen LogP contribution in [0.15, 0.2) is 18.2 Å². The van der Waals surface area contributed by atoms with Gasteiger partial charge in [-0.25, -0.2) is 8.78 Å². The number of rotatable bonds is 6. The van der Waals surface area contributed by atoms with Crippen molar-refractivity contribution in [2.75, 3.05) is 26.3 Å². The molecule has 1 heterocycles. The molecule has 1 atom stereocenters. The van der Waals surface area contributed by atoms with Crippen molar-refractivity contribution >= 4 is 0 Å². The highest BCUT2D eigenvalue weighted by molar-refractivity contribution is 5.21. The van der Waals surface area contributed by atoms with E-state index in [-0.39, 0.29) is 5.41 Å². The monoisotopic (exact) mass is 283 g/mol. The molecular weight excluding hydrogens is 260 g/mol. The number of hydrogen-bond acceptors (Lipinski definition) is 2. The maximum absolute atomic E-state index is 13.8. The Balaban J connectivity index is 2.07. The van der Waals surface area contributed by atoms with Gasteiger partial charge in [-0.3, -0.25) is 0 Å². The van der Waals surface area contributed by atoms with E-state index in [2.05, 4.69) is 19.2 Å². The average Bonchev–Trinajstić information content (AvgIpc) is 2.83. The van der Waals surface area contributed by atoms with E-state index in [9.17, 15) is 8.78 Å². The van der Waals surface area contributed by atoms with Crippen LogP contribution in [0.4, 0.5) is 8.78 Å². The summed E-state index contributed by atoms with van der Waals surface area (Å²) in [7, 11) is 0. The summed E-state index contributed by atoms with van der Waals surface area (Å²) >= 11 is 0. The Labute approximate surface area is 119 Å². The van der Waals surface area contributed by atoms with Crippen LogP contribution in [-0.2, 0) is 11.2 Å². The molecule has 1 aromatic carbocycles. The van der Waals surface area contributed by atoms with E-state index in [1.165, 1.54) is 0 Å². The van der Waals surface area contributed by atoms with Gasteiger partial charge in [0.25, 0.3) is 0 Å². The van der Waals surface area contributed by atoms with E-state index in [1.54, 1.807) is 12.1 Å². The lowest BCUT2D eigenvalue weighted by Gasteiger charge is -2.28. The predicted octanol–water partition coefficient (Wildman–Crippen LogP) is 3.16. The van der Waals surface area contributed by atoms with Crippen LogP contribution in [0, 0.1) is 23.0 Å². The molecule has 1 unspecified atom stereocenters. The topological polar surface area (TPSA) is 21.3 Å². The van der Waals surface area contributed by atoms with Crippen LogP contribution in [0.1, 0.15) is 25.8 Å². The van der Waals surface area contributed by atoms with Crippen LogP contribution < -0.4 is 5.32 Å². The summed E-state index contributed by atoms with van der Waals surface area (Å²) in [6, 6.07) is 4.40. The normalized spacial score (nSPS) is 22.6. The zero-order valence-corrected chi connectivity index (χ0v) is 12.2. The Morgan fingerprint density at radius 3 is 2.80 bits per heavy atom. The van der Waals surface area contributed by atoms with Gasteiger partial charge in [0.2, 0.25) is 0 Å². The van der Waals surface area contributed by atoms with Crippen molar-refractivity contribution in [2.24, 2.45) is 11.3 Å². The Morgan fingerprint density at radius 2 is 2.15 bits per heavy atom. The Morgan fingerprint density at radius 1 is 1.35 bits per heavy atom. The summed E-state index contributed by atoms with van der Waals surface area (Å²) in [6.45, 7) is 7.30. The molecule has 1 aromatic rings. The van der Waals surface area contributed by atoms with E-state index in [0.717, 1.165) is 25.6 Å². The molecule has 1 N–H and O–H groups in total. The van der Waals surface area contributed by atoms with Crippen molar-refractivity contribution in [1.29, 1.82) is 0 Å². The van der Waals surface area contributed by atoms with E-state index >= 15 is 0 Å². The second-order valence-electron chi connectivity index (χ2n) is 6.22. The fourth-order valence-corrected chi connectivity index (χ4v) is 2.71. The summed E-state index contributed by atoms with van der Waals surface area (Å²) < 4.78 is 32.7. The molecule has 20 heavy (non-hydrogen) atoms. The molecule has 0 saturated carbocycles. The molecule has 0 radical (unpaired) electrons. The average molecular weight is 283 g/mol. The lowest BCUT2D eigenvalue weighted by atomic mass is 9.80. The molecule has 1 fully saturated rings. The van der Waals surface area contributed by atoms with Crippen LogP contribution in [-0.4, -0.2) is 26.3 Å². The molecule has 0 spiro atoms. The van der Waals surface area contributed by atoms with Crippen molar-refractivity contribution < 1.29 is 13.5 Å². The quantitative estimate of drug-likeness (QED) is 0.866. The minimum absolute atomic E-state index is 0.122. The summed E-state index contributed by atoms with van der Waals surface area (Å²) in [6.07, 6.45) is 1.40. The number of nitrogens with one attached hydrogen (secondary N) is 1. The molecule has 0 amide bonds. The third-order valence-electron chi connectivity index (χ3n) is 3.83. The van der Waals surface area contributed by atoms with E-state index in [1.807, 2.05) is 0 Å². The molecule has 0 aliphatic carbocycles. The standard InChI is InChI=1S/C16H23F2NO/c1-12(2)9-19-10-16(6-7-20-11-16)8-13-4-3-5-14(17)15(13)18/h3-5,12,19H,6-11H2,1-2H3. The minimum Gasteiger partial charge on any atom is -0.381 e. The predicted molar refractivity (Wildman–Crippen MR) is 75.6 cm³/mol. The zero-order chi connectivity index (χ0) is 14.6. The number of halogens is 2. The molecule has 0 bridgehead atoms. The lowest BCUT2D eigenvalue weighted by molar-refractivity contribution is 0.148. The van der Waals surface area contributed by atoms with Gasteiger partial charge in [0, 0.05) is 18.6 Å². The van der Waals surface area contributed by atoms with Crippen molar-refractivity contribution in [1.82, 2.24) is 5.32 Å². The summed E-state index contributed by atoms with van der Waals surface area (Å²) in [5.74, 6) is -0.922. The van der Waals surface area contributed by atoms with Crippen molar-refractivity contribution in [3.63, 3.8) is 0 Å². The lowest BCUT2D eigenvalue weighted by Crippen LogP contribution is -2.38. The highest BCUT2D eigenvalue weighted by atomic mass is 19.2. The Hall–Kier alpha value is -1.00. The van der Waals surface area contributed by atoms with Gasteiger partial charge in [0.15, 0.2) is 11.6 Å². The second kappa shape index (κ2) is 6.64. The summed E-state index contributed by atoms with van der Waals surface area (Å²) in [4.78, 5) is 0. The maximum atomic E-state index is 13.8. The van der Waals surface area contributed by atoms with Gasteiger partial charge in [0.1, 0.15) is 0 Å². The van der Waals surface area contributed by atoms with Gasteiger partial charge in [0.05, 0.1) is 6.61 Å². The summed E-state index contributed by atoms with van der Waals surface area (Å²) in [5, 5.41) is 3.43. The largest absolute Gasteiger partial charge is 0.381 e. The summed E-state index contributed by atoms with van der Waals surface area (Å²) in [5.41, 5.74) is 0.325. The first-order chi connectivity index (χ1) is 9.52. The molecule has 112 valence electrons. The molecule has 4 heteroatoms. The molecule has 1 aliphatic rings. The van der Waals surface area contributed by atoms with Crippen molar-refractivity contribution in [3.05, 3.63) is 35.4 Å². The van der Waals surface area contributed by atoms with Crippen LogP contribution in [0.3, 0.4) is 0 Å².